The summed E-state index contributed by atoms with van der Waals surface area (Å²) in [7, 11) is 0. The van der Waals surface area contributed by atoms with Crippen molar-refractivity contribution in [2.75, 3.05) is 45.9 Å². The Hall–Kier alpha value is -0.160. The average molecular weight is 243 g/mol. The highest BCUT2D eigenvalue weighted by Crippen LogP contribution is 2.12. The van der Waals surface area contributed by atoms with Crippen LogP contribution in [-0.4, -0.2) is 56.9 Å². The molecule has 1 aliphatic heterocycles. The maximum absolute atomic E-state index is 5.50. The number of hydrogen-bond acceptors (Lipinski definition) is 4. The van der Waals surface area contributed by atoms with Crippen molar-refractivity contribution in [2.45, 2.75) is 32.7 Å². The molecule has 4 nitrogen and oxygen atoms in total. The Morgan fingerprint density at radius 2 is 2.00 bits per heavy atom. The molecule has 1 atom stereocenters. The van der Waals surface area contributed by atoms with Crippen molar-refractivity contribution in [1.82, 2.24) is 10.2 Å². The van der Waals surface area contributed by atoms with E-state index in [1.54, 1.807) is 0 Å². The van der Waals surface area contributed by atoms with E-state index in [1.165, 1.54) is 6.42 Å². The van der Waals surface area contributed by atoms with Gasteiger partial charge in [-0.25, -0.2) is 0 Å². The zero-order valence-electron chi connectivity index (χ0n) is 11.5. The van der Waals surface area contributed by atoms with Crippen LogP contribution in [0.2, 0.25) is 0 Å². The average Bonchev–Trinajstić information content (AvgIpc) is 2.34. The summed E-state index contributed by atoms with van der Waals surface area (Å²) >= 11 is 0. The van der Waals surface area contributed by atoms with E-state index in [-0.39, 0.29) is 0 Å². The van der Waals surface area contributed by atoms with Crippen molar-refractivity contribution in [2.24, 2.45) is 11.7 Å². The number of nitrogens with one attached hydrogen (secondary N) is 1. The first-order valence-corrected chi connectivity index (χ1v) is 6.96. The molecule has 1 fully saturated rings. The normalized spacial score (nSPS) is 19.8. The summed E-state index contributed by atoms with van der Waals surface area (Å²) in [5, 5.41) is 3.53. The van der Waals surface area contributed by atoms with Gasteiger partial charge in [0, 0.05) is 25.7 Å². The minimum Gasteiger partial charge on any atom is -0.379 e. The van der Waals surface area contributed by atoms with Crippen LogP contribution in [0.5, 0.6) is 0 Å². The fourth-order valence-electron chi connectivity index (χ4n) is 2.34. The SMILES string of the molecule is CC(C)CC(CNCCCN)N1CCOCC1. The second kappa shape index (κ2) is 8.86. The van der Waals surface area contributed by atoms with E-state index in [0.29, 0.717) is 6.04 Å². The Kier molecular flexibility index (Phi) is 7.77. The smallest absolute Gasteiger partial charge is 0.0594 e. The summed E-state index contributed by atoms with van der Waals surface area (Å²) in [5.41, 5.74) is 5.50. The molecule has 0 saturated carbocycles. The van der Waals surface area contributed by atoms with E-state index in [9.17, 15) is 0 Å². The van der Waals surface area contributed by atoms with E-state index < -0.39 is 0 Å². The number of nitrogens with zero attached hydrogens (tertiary/aromatic N) is 1. The van der Waals surface area contributed by atoms with Crippen LogP contribution in [-0.2, 0) is 4.74 Å². The molecule has 1 saturated heterocycles. The molecule has 17 heavy (non-hydrogen) atoms. The van der Waals surface area contributed by atoms with E-state index in [4.69, 9.17) is 10.5 Å². The Morgan fingerprint density at radius 1 is 1.29 bits per heavy atom. The Balaban J connectivity index is 2.30. The third kappa shape index (κ3) is 6.36. The molecule has 1 aliphatic rings. The topological polar surface area (TPSA) is 50.5 Å². The van der Waals surface area contributed by atoms with Crippen molar-refractivity contribution in [3.8, 4) is 0 Å². The lowest BCUT2D eigenvalue weighted by Crippen LogP contribution is -2.48. The fourth-order valence-corrected chi connectivity index (χ4v) is 2.34. The van der Waals surface area contributed by atoms with Crippen molar-refractivity contribution in [3.63, 3.8) is 0 Å². The van der Waals surface area contributed by atoms with Crippen LogP contribution in [0.25, 0.3) is 0 Å². The fraction of sp³-hybridized carbons (Fsp3) is 1.00. The molecule has 3 N–H and O–H groups in total. The van der Waals surface area contributed by atoms with Gasteiger partial charge in [-0.1, -0.05) is 13.8 Å². The maximum Gasteiger partial charge on any atom is 0.0594 e. The van der Waals surface area contributed by atoms with E-state index in [1.807, 2.05) is 0 Å². The Morgan fingerprint density at radius 3 is 2.59 bits per heavy atom. The van der Waals surface area contributed by atoms with Crippen molar-refractivity contribution in [3.05, 3.63) is 0 Å². The van der Waals surface area contributed by atoms with Crippen LogP contribution < -0.4 is 11.1 Å². The summed E-state index contributed by atoms with van der Waals surface area (Å²) in [4.78, 5) is 2.57. The van der Waals surface area contributed by atoms with E-state index in [0.717, 1.165) is 58.3 Å². The molecular weight excluding hydrogens is 214 g/mol. The lowest BCUT2D eigenvalue weighted by molar-refractivity contribution is 0.0124. The standard InChI is InChI=1S/C13H29N3O/c1-12(2)10-13(11-15-5-3-4-14)16-6-8-17-9-7-16/h12-13,15H,3-11,14H2,1-2H3. The van der Waals surface area contributed by atoms with E-state index >= 15 is 0 Å². The van der Waals surface area contributed by atoms with Gasteiger partial charge < -0.3 is 15.8 Å². The molecule has 4 heteroatoms. The number of hydrogen-bond donors (Lipinski definition) is 2. The predicted octanol–water partition coefficient (Wildman–Crippen LogP) is 0.672. The predicted molar refractivity (Wildman–Crippen MR) is 72.2 cm³/mol. The first kappa shape index (κ1) is 14.9. The second-order valence-electron chi connectivity index (χ2n) is 5.28. The third-order valence-corrected chi connectivity index (χ3v) is 3.24. The van der Waals surface area contributed by atoms with Gasteiger partial charge in [-0.2, -0.15) is 0 Å². The van der Waals surface area contributed by atoms with Crippen molar-refractivity contribution in [1.29, 1.82) is 0 Å². The number of rotatable bonds is 8. The van der Waals surface area contributed by atoms with Gasteiger partial charge in [0.05, 0.1) is 13.2 Å². The molecule has 1 rings (SSSR count). The van der Waals surface area contributed by atoms with Crippen LogP contribution in [0, 0.1) is 5.92 Å². The molecule has 0 radical (unpaired) electrons. The van der Waals surface area contributed by atoms with Gasteiger partial charge >= 0.3 is 0 Å². The first-order chi connectivity index (χ1) is 8.24. The van der Waals surface area contributed by atoms with Gasteiger partial charge in [-0.3, -0.25) is 4.90 Å². The van der Waals surface area contributed by atoms with Crippen LogP contribution >= 0.6 is 0 Å². The van der Waals surface area contributed by atoms with Gasteiger partial charge in [0.2, 0.25) is 0 Å². The van der Waals surface area contributed by atoms with Gasteiger partial charge in [-0.05, 0) is 31.8 Å². The Labute approximate surface area is 106 Å². The number of nitrogens with two attached hydrogens (primary N) is 1. The summed E-state index contributed by atoms with van der Waals surface area (Å²) in [6.07, 6.45) is 2.33. The molecule has 0 aromatic rings. The Bertz CT molecular complexity index is 182. The maximum atomic E-state index is 5.50. The van der Waals surface area contributed by atoms with Crippen LogP contribution in [0.15, 0.2) is 0 Å². The molecule has 1 unspecified atom stereocenters. The summed E-state index contributed by atoms with van der Waals surface area (Å²) in [5.74, 6) is 0.749. The highest BCUT2D eigenvalue weighted by molar-refractivity contribution is 4.77. The lowest BCUT2D eigenvalue weighted by Gasteiger charge is -2.35. The number of morpholine rings is 1. The largest absolute Gasteiger partial charge is 0.379 e. The van der Waals surface area contributed by atoms with Crippen LogP contribution in [0.3, 0.4) is 0 Å². The van der Waals surface area contributed by atoms with E-state index in [2.05, 4.69) is 24.1 Å². The van der Waals surface area contributed by atoms with Gasteiger partial charge in [-0.15, -0.1) is 0 Å². The third-order valence-electron chi connectivity index (χ3n) is 3.24. The summed E-state index contributed by atoms with van der Waals surface area (Å²) in [6.45, 7) is 11.4. The molecule has 0 spiro atoms. The highest BCUT2D eigenvalue weighted by Gasteiger charge is 2.21. The highest BCUT2D eigenvalue weighted by atomic mass is 16.5. The van der Waals surface area contributed by atoms with Gasteiger partial charge in [0.1, 0.15) is 0 Å². The molecule has 0 bridgehead atoms. The molecule has 0 aromatic heterocycles. The lowest BCUT2D eigenvalue weighted by atomic mass is 10.0. The molecule has 0 amide bonds. The number of ether oxygens (including phenoxy) is 1. The minimum absolute atomic E-state index is 0.650. The van der Waals surface area contributed by atoms with Crippen LogP contribution in [0.1, 0.15) is 26.7 Å². The molecule has 102 valence electrons. The van der Waals surface area contributed by atoms with Gasteiger partial charge in [0.25, 0.3) is 0 Å². The van der Waals surface area contributed by atoms with Crippen molar-refractivity contribution < 1.29 is 4.74 Å². The molecule has 1 heterocycles. The molecule has 0 aromatic carbocycles. The molecule has 0 aliphatic carbocycles. The second-order valence-corrected chi connectivity index (χ2v) is 5.28. The summed E-state index contributed by atoms with van der Waals surface area (Å²) < 4.78 is 5.42. The van der Waals surface area contributed by atoms with Gasteiger partial charge in [0.15, 0.2) is 0 Å². The minimum atomic E-state index is 0.650. The zero-order valence-corrected chi connectivity index (χ0v) is 11.5. The first-order valence-electron chi connectivity index (χ1n) is 6.96. The van der Waals surface area contributed by atoms with Crippen molar-refractivity contribution >= 4 is 0 Å². The molecular formula is C13H29N3O. The zero-order chi connectivity index (χ0) is 12.5. The quantitative estimate of drug-likeness (QED) is 0.615. The summed E-state index contributed by atoms with van der Waals surface area (Å²) in [6, 6.07) is 0.650. The van der Waals surface area contributed by atoms with Crippen LogP contribution in [0.4, 0.5) is 0 Å². The monoisotopic (exact) mass is 243 g/mol.